The third-order valence-corrected chi connectivity index (χ3v) is 3.18. The van der Waals surface area contributed by atoms with Crippen LogP contribution in [0, 0.1) is 0 Å². The van der Waals surface area contributed by atoms with Crippen molar-refractivity contribution in [3.05, 3.63) is 29.5 Å². The molecule has 0 aliphatic heterocycles. The number of methoxy groups -OCH3 is 1. The third-order valence-electron chi connectivity index (χ3n) is 3.18. The minimum absolute atomic E-state index is 0.198. The third kappa shape index (κ3) is 2.57. The smallest absolute Gasteiger partial charge is 0.292 e. The van der Waals surface area contributed by atoms with Gasteiger partial charge in [-0.3, -0.25) is 0 Å². The first-order valence-electron chi connectivity index (χ1n) is 6.50. The Hall–Kier alpha value is -1.97. The van der Waals surface area contributed by atoms with E-state index >= 15 is 0 Å². The van der Waals surface area contributed by atoms with Crippen LogP contribution in [0.15, 0.2) is 22.6 Å². The van der Waals surface area contributed by atoms with Gasteiger partial charge in [0, 0.05) is 12.0 Å². The number of aryl methyl sites for hydroxylation is 1. The standard InChI is InChI=1S/C15H20N2O2/c1-5-12-14(17-15(16)19-12)11-8-10(9(2)3)6-7-13(11)18-4/h6-9H,5H2,1-4H3,(H2,16,17). The molecule has 0 aliphatic rings. The molecule has 0 fully saturated rings. The highest BCUT2D eigenvalue weighted by Gasteiger charge is 2.17. The second kappa shape index (κ2) is 5.34. The number of benzene rings is 1. The van der Waals surface area contributed by atoms with Gasteiger partial charge >= 0.3 is 0 Å². The zero-order valence-corrected chi connectivity index (χ0v) is 11.9. The summed E-state index contributed by atoms with van der Waals surface area (Å²) in [5, 5.41) is 0. The average molecular weight is 260 g/mol. The van der Waals surface area contributed by atoms with Gasteiger partial charge in [-0.25, -0.2) is 0 Å². The van der Waals surface area contributed by atoms with Gasteiger partial charge in [0.1, 0.15) is 17.2 Å². The normalized spacial score (nSPS) is 11.0. The maximum absolute atomic E-state index is 5.66. The van der Waals surface area contributed by atoms with E-state index in [4.69, 9.17) is 14.9 Å². The van der Waals surface area contributed by atoms with Crippen molar-refractivity contribution in [3.63, 3.8) is 0 Å². The fourth-order valence-electron chi connectivity index (χ4n) is 2.09. The molecule has 1 aromatic heterocycles. The molecule has 4 nitrogen and oxygen atoms in total. The van der Waals surface area contributed by atoms with Gasteiger partial charge in [0.15, 0.2) is 0 Å². The molecule has 0 spiro atoms. The summed E-state index contributed by atoms with van der Waals surface area (Å²) in [5.41, 5.74) is 8.61. The molecule has 0 unspecified atom stereocenters. The Morgan fingerprint density at radius 2 is 2.11 bits per heavy atom. The van der Waals surface area contributed by atoms with E-state index in [2.05, 4.69) is 31.0 Å². The molecule has 0 atom stereocenters. The zero-order chi connectivity index (χ0) is 14.0. The van der Waals surface area contributed by atoms with Crippen molar-refractivity contribution in [2.45, 2.75) is 33.1 Å². The molecule has 4 heteroatoms. The van der Waals surface area contributed by atoms with Gasteiger partial charge in [-0.15, -0.1) is 0 Å². The summed E-state index contributed by atoms with van der Waals surface area (Å²) in [5.74, 6) is 2.02. The predicted molar refractivity (Wildman–Crippen MR) is 76.4 cm³/mol. The Labute approximate surface area is 113 Å². The first-order valence-corrected chi connectivity index (χ1v) is 6.50. The fraction of sp³-hybridized carbons (Fsp3) is 0.400. The minimum atomic E-state index is 0.198. The number of hydrogen-bond acceptors (Lipinski definition) is 4. The SMILES string of the molecule is CCc1oc(N)nc1-c1cc(C(C)C)ccc1OC. The van der Waals surface area contributed by atoms with Gasteiger partial charge in [0.2, 0.25) is 0 Å². The number of rotatable bonds is 4. The Bertz CT molecular complexity index is 574. The van der Waals surface area contributed by atoms with Gasteiger partial charge in [-0.05, 0) is 23.6 Å². The van der Waals surface area contributed by atoms with Crippen molar-refractivity contribution in [2.24, 2.45) is 0 Å². The molecule has 0 amide bonds. The van der Waals surface area contributed by atoms with Crippen LogP contribution in [0.25, 0.3) is 11.3 Å². The van der Waals surface area contributed by atoms with Crippen molar-refractivity contribution < 1.29 is 9.15 Å². The Morgan fingerprint density at radius 1 is 1.37 bits per heavy atom. The van der Waals surface area contributed by atoms with Gasteiger partial charge in [0.05, 0.1) is 7.11 Å². The summed E-state index contributed by atoms with van der Waals surface area (Å²) in [7, 11) is 1.66. The summed E-state index contributed by atoms with van der Waals surface area (Å²) >= 11 is 0. The molecule has 0 radical (unpaired) electrons. The quantitative estimate of drug-likeness (QED) is 0.912. The number of anilines is 1. The lowest BCUT2D eigenvalue weighted by Crippen LogP contribution is -1.95. The van der Waals surface area contributed by atoms with Gasteiger partial charge < -0.3 is 14.9 Å². The highest BCUT2D eigenvalue weighted by atomic mass is 16.5. The van der Waals surface area contributed by atoms with Crippen LogP contribution < -0.4 is 10.5 Å². The fourth-order valence-corrected chi connectivity index (χ4v) is 2.09. The average Bonchev–Trinajstić information content (AvgIpc) is 2.78. The van der Waals surface area contributed by atoms with Crippen molar-refractivity contribution in [2.75, 3.05) is 12.8 Å². The van der Waals surface area contributed by atoms with Crippen molar-refractivity contribution in [1.29, 1.82) is 0 Å². The molecule has 0 saturated carbocycles. The van der Waals surface area contributed by atoms with Crippen LogP contribution in [-0.4, -0.2) is 12.1 Å². The highest BCUT2D eigenvalue weighted by Crippen LogP contribution is 2.35. The number of nitrogen functional groups attached to an aromatic ring is 1. The van der Waals surface area contributed by atoms with E-state index in [1.807, 2.05) is 13.0 Å². The molecule has 2 aromatic rings. The van der Waals surface area contributed by atoms with Crippen molar-refractivity contribution in [1.82, 2.24) is 4.98 Å². The lowest BCUT2D eigenvalue weighted by Gasteiger charge is -2.11. The number of hydrogen-bond donors (Lipinski definition) is 1. The van der Waals surface area contributed by atoms with Crippen LogP contribution in [0.4, 0.5) is 6.01 Å². The summed E-state index contributed by atoms with van der Waals surface area (Å²) in [6, 6.07) is 6.33. The van der Waals surface area contributed by atoms with Crippen LogP contribution in [0.5, 0.6) is 5.75 Å². The first-order chi connectivity index (χ1) is 9.06. The van der Waals surface area contributed by atoms with E-state index in [1.54, 1.807) is 7.11 Å². The molecule has 2 N–H and O–H groups in total. The Balaban J connectivity index is 2.61. The monoisotopic (exact) mass is 260 g/mol. The predicted octanol–water partition coefficient (Wildman–Crippen LogP) is 3.62. The molecule has 0 aliphatic carbocycles. The van der Waals surface area contributed by atoms with E-state index in [0.717, 1.165) is 29.2 Å². The largest absolute Gasteiger partial charge is 0.496 e. The lowest BCUT2D eigenvalue weighted by molar-refractivity contribution is 0.416. The van der Waals surface area contributed by atoms with E-state index in [9.17, 15) is 0 Å². The summed E-state index contributed by atoms with van der Waals surface area (Å²) < 4.78 is 10.8. The van der Waals surface area contributed by atoms with Gasteiger partial charge in [-0.2, -0.15) is 4.98 Å². The summed E-state index contributed by atoms with van der Waals surface area (Å²) in [4.78, 5) is 4.29. The van der Waals surface area contributed by atoms with Crippen LogP contribution in [0.2, 0.25) is 0 Å². The van der Waals surface area contributed by atoms with Gasteiger partial charge in [0.25, 0.3) is 6.01 Å². The molecule has 19 heavy (non-hydrogen) atoms. The van der Waals surface area contributed by atoms with Crippen molar-refractivity contribution in [3.8, 4) is 17.0 Å². The van der Waals surface area contributed by atoms with Crippen LogP contribution in [0.3, 0.4) is 0 Å². The molecule has 1 heterocycles. The molecule has 1 aromatic carbocycles. The van der Waals surface area contributed by atoms with Crippen molar-refractivity contribution >= 4 is 6.01 Å². The number of nitrogens with two attached hydrogens (primary N) is 1. The molecule has 0 saturated heterocycles. The minimum Gasteiger partial charge on any atom is -0.496 e. The number of oxazole rings is 1. The molecule has 102 valence electrons. The van der Waals surface area contributed by atoms with E-state index < -0.39 is 0 Å². The maximum Gasteiger partial charge on any atom is 0.292 e. The summed E-state index contributed by atoms with van der Waals surface area (Å²) in [6.45, 7) is 6.33. The highest BCUT2D eigenvalue weighted by molar-refractivity contribution is 5.70. The second-order valence-electron chi connectivity index (χ2n) is 4.79. The topological polar surface area (TPSA) is 61.3 Å². The lowest BCUT2D eigenvalue weighted by atomic mass is 9.98. The van der Waals surface area contributed by atoms with E-state index in [0.29, 0.717) is 5.92 Å². The number of aromatic nitrogens is 1. The molecule has 0 bridgehead atoms. The maximum atomic E-state index is 5.66. The second-order valence-corrected chi connectivity index (χ2v) is 4.79. The molecular weight excluding hydrogens is 240 g/mol. The van der Waals surface area contributed by atoms with E-state index in [-0.39, 0.29) is 6.01 Å². The van der Waals surface area contributed by atoms with Crippen LogP contribution >= 0.6 is 0 Å². The van der Waals surface area contributed by atoms with Crippen LogP contribution in [0.1, 0.15) is 38.0 Å². The molecular formula is C15H20N2O2. The van der Waals surface area contributed by atoms with Gasteiger partial charge in [-0.1, -0.05) is 26.8 Å². The number of ether oxygens (including phenoxy) is 1. The zero-order valence-electron chi connectivity index (χ0n) is 11.9. The summed E-state index contributed by atoms with van der Waals surface area (Å²) in [6.07, 6.45) is 0.745. The molecule has 2 rings (SSSR count). The Kier molecular flexibility index (Phi) is 3.79. The first kappa shape index (κ1) is 13.5. The Morgan fingerprint density at radius 3 is 2.68 bits per heavy atom. The number of nitrogens with zero attached hydrogens (tertiary/aromatic N) is 1. The van der Waals surface area contributed by atoms with E-state index in [1.165, 1.54) is 5.56 Å². The van der Waals surface area contributed by atoms with Crippen LogP contribution in [-0.2, 0) is 6.42 Å².